The molecular weight excluding hydrogens is 376 g/mol. The third-order valence-electron chi connectivity index (χ3n) is 3.11. The van der Waals surface area contributed by atoms with Gasteiger partial charge >= 0.3 is 11.9 Å². The number of rotatable bonds is 6. The van der Waals surface area contributed by atoms with E-state index in [1.807, 2.05) is 6.92 Å². The van der Waals surface area contributed by atoms with Crippen LogP contribution in [0.15, 0.2) is 46.9 Å². The molecule has 0 amide bonds. The molecule has 0 fully saturated rings. The summed E-state index contributed by atoms with van der Waals surface area (Å²) in [5.74, 6) is -0.186. The van der Waals surface area contributed by atoms with E-state index in [0.29, 0.717) is 29.2 Å². The molecule has 0 aliphatic rings. The molecule has 2 aromatic carbocycles. The molecule has 6 heteroatoms. The van der Waals surface area contributed by atoms with Crippen LogP contribution in [0.3, 0.4) is 0 Å². The van der Waals surface area contributed by atoms with Crippen molar-refractivity contribution in [3.63, 3.8) is 0 Å². The van der Waals surface area contributed by atoms with E-state index in [1.54, 1.807) is 18.2 Å². The van der Waals surface area contributed by atoms with Gasteiger partial charge in [-0.15, -0.1) is 0 Å². The van der Waals surface area contributed by atoms with Crippen LogP contribution in [0.25, 0.3) is 0 Å². The topological polar surface area (TPSA) is 61.8 Å². The van der Waals surface area contributed by atoms with Gasteiger partial charge < -0.3 is 14.2 Å². The van der Waals surface area contributed by atoms with Gasteiger partial charge in [0, 0.05) is 4.47 Å². The standard InChI is InChI=1S/C18H17BrO5/c1-3-10-23-16-9-6-13(19)11-15(16)18(21)24-14-7-4-12(5-8-14)17(20)22-2/h4-9,11H,3,10H2,1-2H3. The summed E-state index contributed by atoms with van der Waals surface area (Å²) in [6.45, 7) is 2.50. The van der Waals surface area contributed by atoms with Crippen molar-refractivity contribution in [1.29, 1.82) is 0 Å². The molecule has 0 unspecified atom stereocenters. The van der Waals surface area contributed by atoms with Crippen molar-refractivity contribution < 1.29 is 23.8 Å². The smallest absolute Gasteiger partial charge is 0.347 e. The summed E-state index contributed by atoms with van der Waals surface area (Å²) in [4.78, 5) is 23.8. The normalized spacial score (nSPS) is 10.1. The van der Waals surface area contributed by atoms with Crippen LogP contribution in [0.5, 0.6) is 11.5 Å². The van der Waals surface area contributed by atoms with Crippen molar-refractivity contribution in [3.8, 4) is 11.5 Å². The molecule has 0 aromatic heterocycles. The van der Waals surface area contributed by atoms with E-state index in [1.165, 1.54) is 31.4 Å². The Bertz CT molecular complexity index is 725. The van der Waals surface area contributed by atoms with Crippen LogP contribution in [0.4, 0.5) is 0 Å². The van der Waals surface area contributed by atoms with Gasteiger partial charge in [0.2, 0.25) is 0 Å². The first-order valence-electron chi connectivity index (χ1n) is 7.38. The van der Waals surface area contributed by atoms with E-state index in [4.69, 9.17) is 9.47 Å². The van der Waals surface area contributed by atoms with Crippen molar-refractivity contribution in [1.82, 2.24) is 0 Å². The van der Waals surface area contributed by atoms with Crippen LogP contribution in [-0.2, 0) is 4.74 Å². The third-order valence-corrected chi connectivity index (χ3v) is 3.60. The Morgan fingerprint density at radius 1 is 1.04 bits per heavy atom. The second-order valence-corrected chi connectivity index (χ2v) is 5.81. The van der Waals surface area contributed by atoms with E-state index in [-0.39, 0.29) is 0 Å². The molecule has 5 nitrogen and oxygen atoms in total. The summed E-state index contributed by atoms with van der Waals surface area (Å²) in [5.41, 5.74) is 0.710. The Kier molecular flexibility index (Phi) is 6.37. The maximum absolute atomic E-state index is 12.4. The molecule has 0 aliphatic heterocycles. The lowest BCUT2D eigenvalue weighted by Gasteiger charge is -2.11. The molecule has 0 saturated carbocycles. The zero-order chi connectivity index (χ0) is 17.5. The lowest BCUT2D eigenvalue weighted by Crippen LogP contribution is -2.11. The molecule has 2 rings (SSSR count). The first-order valence-corrected chi connectivity index (χ1v) is 8.17. The Morgan fingerprint density at radius 2 is 1.75 bits per heavy atom. The number of carbonyl (C=O) groups excluding carboxylic acids is 2. The fourth-order valence-electron chi connectivity index (χ4n) is 1.94. The van der Waals surface area contributed by atoms with Gasteiger partial charge in [0.15, 0.2) is 0 Å². The van der Waals surface area contributed by atoms with Crippen molar-refractivity contribution >= 4 is 27.9 Å². The molecule has 0 bridgehead atoms. The summed E-state index contributed by atoms with van der Waals surface area (Å²) >= 11 is 3.34. The Balaban J connectivity index is 2.17. The maximum Gasteiger partial charge on any atom is 0.347 e. The van der Waals surface area contributed by atoms with Crippen LogP contribution in [0.1, 0.15) is 34.1 Å². The van der Waals surface area contributed by atoms with Crippen LogP contribution < -0.4 is 9.47 Å². The van der Waals surface area contributed by atoms with E-state index in [9.17, 15) is 9.59 Å². The Labute approximate surface area is 148 Å². The summed E-state index contributed by atoms with van der Waals surface area (Å²) in [6.07, 6.45) is 0.833. The van der Waals surface area contributed by atoms with Crippen LogP contribution in [-0.4, -0.2) is 25.7 Å². The number of halogens is 1. The van der Waals surface area contributed by atoms with Crippen molar-refractivity contribution in [2.24, 2.45) is 0 Å². The van der Waals surface area contributed by atoms with Gasteiger partial charge in [-0.05, 0) is 48.9 Å². The number of methoxy groups -OCH3 is 1. The second-order valence-electron chi connectivity index (χ2n) is 4.89. The highest BCUT2D eigenvalue weighted by molar-refractivity contribution is 9.10. The quantitative estimate of drug-likeness (QED) is 0.543. The van der Waals surface area contributed by atoms with Crippen LogP contribution in [0, 0.1) is 0 Å². The number of esters is 2. The van der Waals surface area contributed by atoms with Crippen molar-refractivity contribution in [2.45, 2.75) is 13.3 Å². The van der Waals surface area contributed by atoms with Gasteiger partial charge in [0.1, 0.15) is 17.1 Å². The highest BCUT2D eigenvalue weighted by Crippen LogP contribution is 2.25. The number of carbonyl (C=O) groups is 2. The average molecular weight is 393 g/mol. The number of ether oxygens (including phenoxy) is 3. The minimum atomic E-state index is -0.534. The lowest BCUT2D eigenvalue weighted by atomic mass is 10.2. The fraction of sp³-hybridized carbons (Fsp3) is 0.222. The first kappa shape index (κ1) is 18.0. The highest BCUT2D eigenvalue weighted by atomic mass is 79.9. The lowest BCUT2D eigenvalue weighted by molar-refractivity contribution is 0.0600. The molecule has 0 spiro atoms. The first-order chi connectivity index (χ1) is 11.5. The molecular formula is C18H17BrO5. The Hall–Kier alpha value is -2.34. The Morgan fingerprint density at radius 3 is 2.38 bits per heavy atom. The van der Waals surface area contributed by atoms with Crippen LogP contribution >= 0.6 is 15.9 Å². The van der Waals surface area contributed by atoms with E-state index in [2.05, 4.69) is 20.7 Å². The zero-order valence-corrected chi connectivity index (χ0v) is 15.0. The number of benzene rings is 2. The molecule has 0 radical (unpaired) electrons. The van der Waals surface area contributed by atoms with E-state index >= 15 is 0 Å². The predicted molar refractivity (Wildman–Crippen MR) is 92.7 cm³/mol. The number of hydrogen-bond donors (Lipinski definition) is 0. The minimum absolute atomic E-state index is 0.328. The summed E-state index contributed by atoms with van der Waals surface area (Å²) < 4.78 is 16.3. The molecule has 0 atom stereocenters. The maximum atomic E-state index is 12.4. The zero-order valence-electron chi connectivity index (χ0n) is 13.4. The molecule has 126 valence electrons. The summed E-state index contributed by atoms with van der Waals surface area (Å²) in [7, 11) is 1.31. The van der Waals surface area contributed by atoms with Gasteiger partial charge in [0.05, 0.1) is 19.3 Å². The SMILES string of the molecule is CCCOc1ccc(Br)cc1C(=O)Oc1ccc(C(=O)OC)cc1. The average Bonchev–Trinajstić information content (AvgIpc) is 2.60. The van der Waals surface area contributed by atoms with Gasteiger partial charge in [-0.25, -0.2) is 9.59 Å². The molecule has 0 heterocycles. The summed E-state index contributed by atoms with van der Waals surface area (Å²) in [6, 6.07) is 11.3. The molecule has 0 aliphatic carbocycles. The van der Waals surface area contributed by atoms with Crippen molar-refractivity contribution in [3.05, 3.63) is 58.1 Å². The van der Waals surface area contributed by atoms with E-state index < -0.39 is 11.9 Å². The largest absolute Gasteiger partial charge is 0.493 e. The molecule has 0 N–H and O–H groups in total. The summed E-state index contributed by atoms with van der Waals surface area (Å²) in [5, 5.41) is 0. The molecule has 2 aromatic rings. The van der Waals surface area contributed by atoms with E-state index in [0.717, 1.165) is 10.9 Å². The molecule has 0 saturated heterocycles. The fourth-order valence-corrected chi connectivity index (χ4v) is 2.30. The molecule has 24 heavy (non-hydrogen) atoms. The van der Waals surface area contributed by atoms with Crippen molar-refractivity contribution in [2.75, 3.05) is 13.7 Å². The van der Waals surface area contributed by atoms with Gasteiger partial charge in [0.25, 0.3) is 0 Å². The van der Waals surface area contributed by atoms with Crippen LogP contribution in [0.2, 0.25) is 0 Å². The number of hydrogen-bond acceptors (Lipinski definition) is 5. The predicted octanol–water partition coefficient (Wildman–Crippen LogP) is 4.24. The second kappa shape index (κ2) is 8.49. The monoisotopic (exact) mass is 392 g/mol. The minimum Gasteiger partial charge on any atom is -0.493 e. The highest BCUT2D eigenvalue weighted by Gasteiger charge is 2.16. The van der Waals surface area contributed by atoms with Gasteiger partial charge in [-0.3, -0.25) is 0 Å². The third kappa shape index (κ3) is 4.58. The van der Waals surface area contributed by atoms with Gasteiger partial charge in [-0.2, -0.15) is 0 Å². The van der Waals surface area contributed by atoms with Gasteiger partial charge in [-0.1, -0.05) is 22.9 Å².